The molecular weight excluding hydrogens is 1200 g/mol. The molecule has 0 aromatic heterocycles. The lowest BCUT2D eigenvalue weighted by atomic mass is 9.91. The highest BCUT2D eigenvalue weighted by Gasteiger charge is 2.47. The Kier molecular flexibility index (Phi) is 33.1. The maximum Gasteiger partial charge on any atom is 0.303 e. The molecule has 1 heterocycles. The summed E-state index contributed by atoms with van der Waals surface area (Å²) in [6.45, 7) is 28.6. The Morgan fingerprint density at radius 1 is 0.500 bits per heavy atom. The Morgan fingerprint density at radius 3 is 1.36 bits per heavy atom. The number of nitrogens with one attached hydrogen (secondary N) is 4. The summed E-state index contributed by atoms with van der Waals surface area (Å²) in [6.07, 6.45) is 1.20. The van der Waals surface area contributed by atoms with Gasteiger partial charge in [0.05, 0.1) is 6.54 Å². The second-order valence-electron chi connectivity index (χ2n) is 26.5. The van der Waals surface area contributed by atoms with Crippen molar-refractivity contribution in [1.29, 1.82) is 0 Å². The molecule has 0 spiro atoms. The van der Waals surface area contributed by atoms with Gasteiger partial charge in [-0.25, -0.2) is 0 Å². The van der Waals surface area contributed by atoms with E-state index >= 15 is 19.2 Å². The van der Waals surface area contributed by atoms with Gasteiger partial charge in [0, 0.05) is 56.3 Å². The Bertz CT molecular complexity index is 2450. The maximum atomic E-state index is 15.4. The molecule has 1 saturated heterocycles. The summed E-state index contributed by atoms with van der Waals surface area (Å²) in [7, 11) is 9.86. The molecule has 0 saturated carbocycles. The fourth-order valence-electron chi connectivity index (χ4n) is 10.9. The largest absolute Gasteiger partial charge is 0.459 e. The van der Waals surface area contributed by atoms with Crippen LogP contribution in [0.5, 0.6) is 0 Å². The van der Waals surface area contributed by atoms with E-state index in [9.17, 15) is 38.4 Å². The second-order valence-corrected chi connectivity index (χ2v) is 27.0. The number of allylic oxidation sites excluding steroid dienone is 1. The predicted molar refractivity (Wildman–Crippen MR) is 341 cm³/mol. The van der Waals surface area contributed by atoms with Crippen molar-refractivity contribution in [2.24, 2.45) is 41.4 Å². The SMILES string of the molecule is CC[C@@H]1NC(=O)[C@H]([C@H](OC(C)=O)[C@H](C)C/C=C\Br)N(C)C(=O)[C@H](C(C)C)N(C)C(=O)[C@H](CC(C)C)N(C)C(=O)[C@H](CC(C)C)N(C)C(=O)[C@@H](C)NC(=O)[C@H](C)NC(=O)[C@H](CC(C)C)N(C)C(=O)[C@H](C(C)C)NC(=O)[C@H](CC(C)C)N(C)C(=O)CN(C)C1=O. The first kappa shape index (κ1) is 79.9. The number of likely N-dealkylation sites (N-methyl/N-ethyl adjacent to an activating group) is 7. The second kappa shape index (κ2) is 36.5. The number of halogens is 1. The monoisotopic (exact) mass is 1310 g/mol. The number of carbonyl (C=O) groups is 12. The molecule has 502 valence electrons. The highest BCUT2D eigenvalue weighted by molar-refractivity contribution is 9.11. The molecule has 11 amide bonds. The van der Waals surface area contributed by atoms with Crippen LogP contribution in [0.1, 0.15) is 156 Å². The number of ether oxygens (including phenoxy) is 1. The number of hydrogen-bond donors (Lipinski definition) is 4. The molecule has 0 aromatic rings. The number of rotatable bonds is 16. The van der Waals surface area contributed by atoms with E-state index in [1.165, 1.54) is 87.7 Å². The molecule has 24 nitrogen and oxygen atoms in total. The topological polar surface area (TPSA) is 285 Å². The molecule has 1 fully saturated rings. The Labute approximate surface area is 533 Å². The van der Waals surface area contributed by atoms with Gasteiger partial charge >= 0.3 is 5.97 Å². The zero-order chi connectivity index (χ0) is 68.3. The van der Waals surface area contributed by atoms with Crippen LogP contribution in [0.2, 0.25) is 0 Å². The minimum absolute atomic E-state index is 0.00899. The van der Waals surface area contributed by atoms with E-state index in [0.717, 1.165) is 16.7 Å². The summed E-state index contributed by atoms with van der Waals surface area (Å²) in [6, 6.07) is -12.5. The fraction of sp³-hybridized carbons (Fsp3) is 0.778. The Hall–Kier alpha value is -6.14. The molecule has 0 aromatic carbocycles. The minimum Gasteiger partial charge on any atom is -0.459 e. The highest BCUT2D eigenvalue weighted by atomic mass is 79.9. The lowest BCUT2D eigenvalue weighted by Gasteiger charge is -2.42. The van der Waals surface area contributed by atoms with Gasteiger partial charge in [0.1, 0.15) is 66.5 Å². The molecule has 0 aliphatic carbocycles. The van der Waals surface area contributed by atoms with Crippen molar-refractivity contribution in [3.05, 3.63) is 11.1 Å². The Balaban J connectivity index is 4.43. The number of carbonyl (C=O) groups excluding carboxylic acids is 12. The zero-order valence-electron chi connectivity index (χ0n) is 57.3. The van der Waals surface area contributed by atoms with Gasteiger partial charge in [0.15, 0.2) is 0 Å². The van der Waals surface area contributed by atoms with E-state index in [-0.39, 0.29) is 62.2 Å². The van der Waals surface area contributed by atoms with Crippen LogP contribution >= 0.6 is 15.9 Å². The smallest absolute Gasteiger partial charge is 0.303 e. The molecule has 1 rings (SSSR count). The first-order valence-corrected chi connectivity index (χ1v) is 32.0. The molecule has 0 bridgehead atoms. The summed E-state index contributed by atoms with van der Waals surface area (Å²) in [5.41, 5.74) is 0. The third-order valence-electron chi connectivity index (χ3n) is 16.2. The predicted octanol–water partition coefficient (Wildman–Crippen LogP) is 4.17. The van der Waals surface area contributed by atoms with Gasteiger partial charge in [-0.2, -0.15) is 0 Å². The number of nitrogens with zero attached hydrogens (tertiary/aromatic N) is 7. The average molecular weight is 1310 g/mol. The third-order valence-corrected chi connectivity index (χ3v) is 16.6. The minimum atomic E-state index is -1.62. The van der Waals surface area contributed by atoms with Crippen molar-refractivity contribution in [3.63, 3.8) is 0 Å². The molecule has 1 aliphatic rings. The summed E-state index contributed by atoms with van der Waals surface area (Å²) in [4.78, 5) is 184. The lowest BCUT2D eigenvalue weighted by Crippen LogP contribution is -2.64. The van der Waals surface area contributed by atoms with Crippen LogP contribution in [0.15, 0.2) is 11.1 Å². The van der Waals surface area contributed by atoms with Gasteiger partial charge in [-0.1, -0.05) is 119 Å². The van der Waals surface area contributed by atoms with Crippen LogP contribution < -0.4 is 21.3 Å². The molecular formula is C63H110BrN11O13. The van der Waals surface area contributed by atoms with E-state index in [4.69, 9.17) is 4.74 Å². The summed E-state index contributed by atoms with van der Waals surface area (Å²) < 4.78 is 5.91. The van der Waals surface area contributed by atoms with Crippen LogP contribution in [0.3, 0.4) is 0 Å². The standard InChI is InChI=1S/C63H110BrN11O13/c1-25-44-59(83)69(18)33-49(77)70(19)45(29-34(2)3)56(80)68-50(38(10)11)62(86)71(20)46(30-35(4)5)55(79)65-41(15)54(78)66-42(16)58(82)72(21)47(31-36(6)7)60(84)73(22)48(32-37(8)9)61(85)74(23)51(39(12)13)63(87)75(24)52(57(81)67-44)53(88-43(17)76)40(14)27-26-28-64/h26,28,34-42,44-48,50-53H,25,27,29-33H2,1-24H3,(H,65,79)(H,66,78)(H,67,81)(H,68,80)/b28-26-/t40-,41+,42-,44+,45+,46+,47+,48+,50+,51+,52+,53-/m1/s1. The average Bonchev–Trinajstić information content (AvgIpc) is 1.25. The molecule has 12 atom stereocenters. The summed E-state index contributed by atoms with van der Waals surface area (Å²) in [5, 5.41) is 11.0. The van der Waals surface area contributed by atoms with E-state index in [1.54, 1.807) is 52.6 Å². The van der Waals surface area contributed by atoms with Crippen LogP contribution in [0.4, 0.5) is 0 Å². The van der Waals surface area contributed by atoms with Crippen LogP contribution in [0, 0.1) is 41.4 Å². The highest BCUT2D eigenvalue weighted by Crippen LogP contribution is 2.27. The quantitative estimate of drug-likeness (QED) is 0.158. The van der Waals surface area contributed by atoms with Crippen molar-refractivity contribution in [2.45, 2.75) is 223 Å². The number of hydrogen-bond acceptors (Lipinski definition) is 13. The van der Waals surface area contributed by atoms with Gasteiger partial charge in [-0.05, 0) is 98.8 Å². The van der Waals surface area contributed by atoms with E-state index in [2.05, 4.69) is 37.2 Å². The van der Waals surface area contributed by atoms with Crippen molar-refractivity contribution < 1.29 is 62.3 Å². The first-order valence-electron chi connectivity index (χ1n) is 31.1. The van der Waals surface area contributed by atoms with Crippen molar-refractivity contribution in [3.8, 4) is 0 Å². The summed E-state index contributed by atoms with van der Waals surface area (Å²) >= 11 is 3.28. The van der Waals surface area contributed by atoms with Gasteiger partial charge < -0.3 is 60.3 Å². The molecule has 0 radical (unpaired) electrons. The molecule has 0 unspecified atom stereocenters. The van der Waals surface area contributed by atoms with Gasteiger partial charge in [-0.3, -0.25) is 57.5 Å². The van der Waals surface area contributed by atoms with E-state index in [0.29, 0.717) is 0 Å². The van der Waals surface area contributed by atoms with Crippen molar-refractivity contribution in [2.75, 3.05) is 55.9 Å². The van der Waals surface area contributed by atoms with Crippen LogP contribution in [-0.2, 0) is 62.3 Å². The van der Waals surface area contributed by atoms with Crippen molar-refractivity contribution in [1.82, 2.24) is 55.6 Å². The van der Waals surface area contributed by atoms with Crippen molar-refractivity contribution >= 4 is 86.9 Å². The lowest BCUT2D eigenvalue weighted by molar-refractivity contribution is -0.164. The normalized spacial score (nSPS) is 26.3. The number of amides is 11. The van der Waals surface area contributed by atoms with Crippen LogP contribution in [0.25, 0.3) is 0 Å². The third kappa shape index (κ3) is 22.7. The first-order chi connectivity index (χ1) is 40.6. The zero-order valence-corrected chi connectivity index (χ0v) is 58.9. The van der Waals surface area contributed by atoms with E-state index in [1.807, 2.05) is 55.4 Å². The van der Waals surface area contributed by atoms with Gasteiger partial charge in [-0.15, -0.1) is 0 Å². The van der Waals surface area contributed by atoms with E-state index < -0.39 is 162 Å². The van der Waals surface area contributed by atoms with Gasteiger partial charge in [0.2, 0.25) is 65.0 Å². The molecule has 1 aliphatic heterocycles. The van der Waals surface area contributed by atoms with Crippen LogP contribution in [-0.4, -0.2) is 228 Å². The number of esters is 1. The molecule has 4 N–H and O–H groups in total. The molecule has 25 heteroatoms. The maximum absolute atomic E-state index is 15.4. The fourth-order valence-corrected chi connectivity index (χ4v) is 11.2. The Morgan fingerprint density at radius 2 is 0.920 bits per heavy atom. The summed E-state index contributed by atoms with van der Waals surface area (Å²) in [5.74, 6) is -10.8. The molecule has 88 heavy (non-hydrogen) atoms. The van der Waals surface area contributed by atoms with Gasteiger partial charge in [0.25, 0.3) is 0 Å².